The van der Waals surface area contributed by atoms with Crippen molar-refractivity contribution in [2.24, 2.45) is 0 Å². The topological polar surface area (TPSA) is 75.7 Å². The van der Waals surface area contributed by atoms with Crippen LogP contribution in [-0.2, 0) is 14.8 Å². The first-order chi connectivity index (χ1) is 11.0. The van der Waals surface area contributed by atoms with E-state index in [1.165, 1.54) is 50.6 Å². The summed E-state index contributed by atoms with van der Waals surface area (Å²) in [6.45, 7) is 3.56. The molecule has 6 nitrogen and oxygen atoms in total. The van der Waals surface area contributed by atoms with Crippen molar-refractivity contribution < 1.29 is 17.9 Å². The Labute approximate surface area is 137 Å². The average Bonchev–Trinajstić information content (AvgIpc) is 2.59. The first-order valence-electron chi connectivity index (χ1n) is 7.93. The van der Waals surface area contributed by atoms with Crippen LogP contribution in [0.4, 0.5) is 0 Å². The van der Waals surface area contributed by atoms with Crippen molar-refractivity contribution in [1.82, 2.24) is 9.62 Å². The highest BCUT2D eigenvalue weighted by Gasteiger charge is 2.15. The summed E-state index contributed by atoms with van der Waals surface area (Å²) in [7, 11) is -2.24. The number of sulfonamides is 1. The molecule has 0 atom stereocenters. The summed E-state index contributed by atoms with van der Waals surface area (Å²) in [5.74, 6) is -0.483. The van der Waals surface area contributed by atoms with Gasteiger partial charge in [0.1, 0.15) is 0 Å². The number of nitrogens with zero attached hydrogens (tertiary/aromatic N) is 1. The van der Waals surface area contributed by atoms with E-state index >= 15 is 0 Å². The van der Waals surface area contributed by atoms with Gasteiger partial charge in [0.2, 0.25) is 10.0 Å². The summed E-state index contributed by atoms with van der Waals surface area (Å²) in [6, 6.07) is 5.74. The maximum atomic E-state index is 12.2. The first-order valence-corrected chi connectivity index (χ1v) is 9.41. The van der Waals surface area contributed by atoms with Gasteiger partial charge in [0.15, 0.2) is 0 Å². The number of rotatable bonds is 7. The number of methoxy groups -OCH3 is 1. The van der Waals surface area contributed by atoms with E-state index in [1.54, 1.807) is 0 Å². The van der Waals surface area contributed by atoms with Gasteiger partial charge in [-0.3, -0.25) is 0 Å². The molecule has 0 aliphatic carbocycles. The lowest BCUT2D eigenvalue weighted by atomic mass is 10.1. The van der Waals surface area contributed by atoms with Gasteiger partial charge in [0.05, 0.1) is 17.6 Å². The van der Waals surface area contributed by atoms with Crippen molar-refractivity contribution in [3.8, 4) is 0 Å². The largest absolute Gasteiger partial charge is 0.465 e. The standard InChI is InChI=1S/C16H24N2O4S/c1-22-16(19)14-6-8-15(9-7-14)23(20,21)17-10-5-13-18-11-3-2-4-12-18/h6-9,17H,2-5,10-13H2,1H3. The zero-order valence-corrected chi connectivity index (χ0v) is 14.3. The molecule has 0 aromatic heterocycles. The van der Waals surface area contributed by atoms with Crippen LogP contribution in [0.3, 0.4) is 0 Å². The third-order valence-corrected chi connectivity index (χ3v) is 5.45. The van der Waals surface area contributed by atoms with Gasteiger partial charge in [0.25, 0.3) is 0 Å². The molecular weight excluding hydrogens is 316 g/mol. The van der Waals surface area contributed by atoms with Crippen LogP contribution in [0.5, 0.6) is 0 Å². The Bertz CT molecular complexity index is 607. The number of esters is 1. The van der Waals surface area contributed by atoms with E-state index in [2.05, 4.69) is 14.4 Å². The Hall–Kier alpha value is -1.44. The minimum absolute atomic E-state index is 0.156. The molecule has 1 fully saturated rings. The molecule has 0 saturated carbocycles. The second kappa shape index (κ2) is 8.42. The number of benzene rings is 1. The molecule has 1 aliphatic rings. The molecule has 0 amide bonds. The number of carbonyl (C=O) groups excluding carboxylic acids is 1. The van der Waals surface area contributed by atoms with Gasteiger partial charge in [-0.25, -0.2) is 17.9 Å². The van der Waals surface area contributed by atoms with E-state index in [9.17, 15) is 13.2 Å². The van der Waals surface area contributed by atoms with E-state index < -0.39 is 16.0 Å². The van der Waals surface area contributed by atoms with Crippen LogP contribution in [0.2, 0.25) is 0 Å². The molecule has 1 saturated heterocycles. The van der Waals surface area contributed by atoms with E-state index in [4.69, 9.17) is 0 Å². The summed E-state index contributed by atoms with van der Waals surface area (Å²) in [6.07, 6.45) is 4.56. The molecule has 1 aromatic rings. The zero-order valence-electron chi connectivity index (χ0n) is 13.5. The highest BCUT2D eigenvalue weighted by molar-refractivity contribution is 7.89. The van der Waals surface area contributed by atoms with Crippen molar-refractivity contribution in [2.45, 2.75) is 30.6 Å². The molecule has 23 heavy (non-hydrogen) atoms. The number of piperidine rings is 1. The number of ether oxygens (including phenoxy) is 1. The van der Waals surface area contributed by atoms with Crippen LogP contribution < -0.4 is 4.72 Å². The number of hydrogen-bond acceptors (Lipinski definition) is 5. The van der Waals surface area contributed by atoms with Crippen LogP contribution >= 0.6 is 0 Å². The van der Waals surface area contributed by atoms with Gasteiger partial charge in [-0.2, -0.15) is 0 Å². The van der Waals surface area contributed by atoms with Crippen molar-refractivity contribution in [2.75, 3.05) is 33.3 Å². The molecule has 2 rings (SSSR count). The second-order valence-electron chi connectivity index (χ2n) is 5.67. The molecule has 0 bridgehead atoms. The van der Waals surface area contributed by atoms with Crippen LogP contribution in [-0.4, -0.2) is 52.6 Å². The fraction of sp³-hybridized carbons (Fsp3) is 0.562. The van der Waals surface area contributed by atoms with E-state index in [0.717, 1.165) is 26.1 Å². The molecule has 1 aromatic carbocycles. The van der Waals surface area contributed by atoms with Crippen molar-refractivity contribution in [3.05, 3.63) is 29.8 Å². The molecule has 0 unspecified atom stereocenters. The molecule has 1 heterocycles. The first kappa shape index (κ1) is 17.9. The van der Waals surface area contributed by atoms with Crippen molar-refractivity contribution >= 4 is 16.0 Å². The fourth-order valence-corrected chi connectivity index (χ4v) is 3.74. The van der Waals surface area contributed by atoms with Gasteiger partial charge < -0.3 is 9.64 Å². The Morgan fingerprint density at radius 2 is 1.83 bits per heavy atom. The number of nitrogens with one attached hydrogen (secondary N) is 1. The lowest BCUT2D eigenvalue weighted by molar-refractivity contribution is 0.0600. The summed E-state index contributed by atoms with van der Waals surface area (Å²) in [5.41, 5.74) is 0.330. The number of hydrogen-bond donors (Lipinski definition) is 1. The Morgan fingerprint density at radius 3 is 2.43 bits per heavy atom. The Balaban J connectivity index is 1.82. The summed E-state index contributed by atoms with van der Waals surface area (Å²) < 4.78 is 31.6. The van der Waals surface area contributed by atoms with Crippen molar-refractivity contribution in [3.63, 3.8) is 0 Å². The minimum Gasteiger partial charge on any atom is -0.465 e. The van der Waals surface area contributed by atoms with Gasteiger partial charge in [0, 0.05) is 6.54 Å². The predicted octanol–water partition coefficient (Wildman–Crippen LogP) is 1.63. The summed E-state index contributed by atoms with van der Waals surface area (Å²) in [5, 5.41) is 0. The molecular formula is C16H24N2O4S. The van der Waals surface area contributed by atoms with Crippen LogP contribution in [0.25, 0.3) is 0 Å². The van der Waals surface area contributed by atoms with Crippen molar-refractivity contribution in [1.29, 1.82) is 0 Å². The van der Waals surface area contributed by atoms with E-state index in [1.807, 2.05) is 0 Å². The molecule has 1 aliphatic heterocycles. The highest BCUT2D eigenvalue weighted by atomic mass is 32.2. The lowest BCUT2D eigenvalue weighted by Crippen LogP contribution is -2.33. The molecule has 128 valence electrons. The number of likely N-dealkylation sites (tertiary alicyclic amines) is 1. The average molecular weight is 340 g/mol. The molecule has 1 N–H and O–H groups in total. The van der Waals surface area contributed by atoms with Gasteiger partial charge in [-0.1, -0.05) is 6.42 Å². The Kier molecular flexibility index (Phi) is 6.56. The normalized spacial score (nSPS) is 16.2. The quantitative estimate of drug-likeness (QED) is 0.603. The predicted molar refractivity (Wildman–Crippen MR) is 87.9 cm³/mol. The highest BCUT2D eigenvalue weighted by Crippen LogP contribution is 2.12. The Morgan fingerprint density at radius 1 is 1.17 bits per heavy atom. The lowest BCUT2D eigenvalue weighted by Gasteiger charge is -2.26. The third kappa shape index (κ3) is 5.30. The summed E-state index contributed by atoms with van der Waals surface area (Å²) in [4.78, 5) is 13.9. The smallest absolute Gasteiger partial charge is 0.337 e. The summed E-state index contributed by atoms with van der Waals surface area (Å²) >= 11 is 0. The van der Waals surface area contributed by atoms with Gasteiger partial charge >= 0.3 is 5.97 Å². The van der Waals surface area contributed by atoms with Gasteiger partial charge in [-0.15, -0.1) is 0 Å². The molecule has 0 spiro atoms. The molecule has 0 radical (unpaired) electrons. The monoisotopic (exact) mass is 340 g/mol. The fourth-order valence-electron chi connectivity index (χ4n) is 2.66. The third-order valence-electron chi connectivity index (χ3n) is 3.98. The van der Waals surface area contributed by atoms with Gasteiger partial charge in [-0.05, 0) is 63.2 Å². The van der Waals surface area contributed by atoms with Crippen LogP contribution in [0.1, 0.15) is 36.0 Å². The maximum Gasteiger partial charge on any atom is 0.337 e. The second-order valence-corrected chi connectivity index (χ2v) is 7.44. The van der Waals surface area contributed by atoms with Crippen LogP contribution in [0.15, 0.2) is 29.2 Å². The van der Waals surface area contributed by atoms with E-state index in [-0.39, 0.29) is 4.90 Å². The minimum atomic E-state index is -3.53. The molecule has 7 heteroatoms. The van der Waals surface area contributed by atoms with Crippen LogP contribution in [0, 0.1) is 0 Å². The number of carbonyl (C=O) groups is 1. The van der Waals surface area contributed by atoms with E-state index in [0.29, 0.717) is 12.1 Å². The maximum absolute atomic E-state index is 12.2. The zero-order chi connectivity index (χ0) is 16.7. The SMILES string of the molecule is COC(=O)c1ccc(S(=O)(=O)NCCCN2CCCCC2)cc1.